The lowest BCUT2D eigenvalue weighted by Crippen LogP contribution is -2.49. The second kappa shape index (κ2) is 6.08. The zero-order valence-corrected chi connectivity index (χ0v) is 17.2. The first kappa shape index (κ1) is 18.7. The third kappa shape index (κ3) is 2.00. The van der Waals surface area contributed by atoms with E-state index in [0.717, 1.165) is 37.0 Å². The summed E-state index contributed by atoms with van der Waals surface area (Å²) in [6.07, 6.45) is 15.1. The average Bonchev–Trinajstić information content (AvgIpc) is 3.12. The third-order valence-corrected chi connectivity index (χ3v) is 8.92. The van der Waals surface area contributed by atoms with Gasteiger partial charge in [0.15, 0.2) is 0 Å². The Morgan fingerprint density at radius 1 is 1.10 bits per heavy atom. The molecule has 0 heterocycles. The van der Waals surface area contributed by atoms with Crippen molar-refractivity contribution in [2.24, 2.45) is 28.6 Å². The Balaban J connectivity index is 1.73. The van der Waals surface area contributed by atoms with Gasteiger partial charge >= 0.3 is 0 Å². The van der Waals surface area contributed by atoms with Crippen molar-refractivity contribution in [1.29, 1.82) is 0 Å². The summed E-state index contributed by atoms with van der Waals surface area (Å²) in [4.78, 5) is 27.3. The topological polar surface area (TPSA) is 43.4 Å². The first-order chi connectivity index (χ1) is 13.9. The number of carbonyl (C=O) groups is 2. The first-order valence-corrected chi connectivity index (χ1v) is 10.8. The van der Waals surface area contributed by atoms with Gasteiger partial charge in [-0.2, -0.15) is 0 Å². The molecule has 0 spiro atoms. The van der Waals surface area contributed by atoms with Crippen LogP contribution in [0, 0.1) is 40.9 Å². The van der Waals surface area contributed by atoms with Gasteiger partial charge in [0, 0.05) is 41.4 Å². The molecule has 1 aromatic carbocycles. The number of hydrogen-bond acceptors (Lipinski definition) is 3. The SMILES string of the molecule is C#CC[C@@H]1CC(=O)[C@@H]2[C@H](C1=O)[C@]13C=C[C@]2(c2ccc(OC)cc2)[C@@]1(C)CCCC3. The smallest absolute Gasteiger partial charge is 0.142 e. The standard InChI is InChI=1S/C26H28O3/c1-4-7-17-16-20(27)21-22(23(17)28)25-13-6-5-12-24(25,2)26(21,15-14-25)18-8-10-19(29-3)11-9-18/h1,8-11,14-15,17,21-22H,5-7,12-13,16H2,2-3H3/t17-,21-,22-,24+,25+,26-/m1/s1. The third-order valence-electron chi connectivity index (χ3n) is 8.92. The molecule has 0 aromatic heterocycles. The molecule has 3 nitrogen and oxygen atoms in total. The molecule has 3 fully saturated rings. The molecule has 1 aromatic rings. The number of rotatable bonds is 3. The van der Waals surface area contributed by atoms with Crippen molar-refractivity contribution in [1.82, 2.24) is 0 Å². The van der Waals surface area contributed by atoms with Crippen LogP contribution in [0.15, 0.2) is 36.4 Å². The number of terminal acetylenes is 1. The predicted octanol–water partition coefficient (Wildman–Crippen LogP) is 4.50. The molecule has 0 N–H and O–H groups in total. The molecule has 0 unspecified atom stereocenters. The summed E-state index contributed by atoms with van der Waals surface area (Å²) < 4.78 is 5.37. The van der Waals surface area contributed by atoms with Crippen molar-refractivity contribution < 1.29 is 14.3 Å². The van der Waals surface area contributed by atoms with Crippen LogP contribution in [0.25, 0.3) is 0 Å². The minimum atomic E-state index is -0.418. The quantitative estimate of drug-likeness (QED) is 0.566. The minimum absolute atomic E-state index is 0.126. The average molecular weight is 389 g/mol. The lowest BCUT2D eigenvalue weighted by atomic mass is 9.52. The van der Waals surface area contributed by atoms with E-state index in [1.54, 1.807) is 7.11 Å². The summed E-state index contributed by atoms with van der Waals surface area (Å²) in [6.45, 7) is 2.34. The highest BCUT2D eigenvalue weighted by atomic mass is 16.5. The van der Waals surface area contributed by atoms with Crippen LogP contribution in [0.5, 0.6) is 5.75 Å². The van der Waals surface area contributed by atoms with Crippen molar-refractivity contribution in [2.75, 3.05) is 7.11 Å². The number of methoxy groups -OCH3 is 1. The molecule has 0 radical (unpaired) electrons. The monoisotopic (exact) mass is 388 g/mol. The van der Waals surface area contributed by atoms with Crippen LogP contribution >= 0.6 is 0 Å². The van der Waals surface area contributed by atoms with E-state index in [4.69, 9.17) is 11.2 Å². The van der Waals surface area contributed by atoms with Crippen molar-refractivity contribution >= 4 is 11.6 Å². The van der Waals surface area contributed by atoms with Crippen LogP contribution in [0.4, 0.5) is 0 Å². The van der Waals surface area contributed by atoms with Gasteiger partial charge in [0.1, 0.15) is 17.3 Å². The number of ether oxygens (including phenoxy) is 1. The maximum Gasteiger partial charge on any atom is 0.142 e. The Kier molecular flexibility index (Phi) is 3.92. The Morgan fingerprint density at radius 3 is 2.52 bits per heavy atom. The fourth-order valence-electron chi connectivity index (χ4n) is 7.70. The summed E-state index contributed by atoms with van der Waals surface area (Å²) in [7, 11) is 1.66. The van der Waals surface area contributed by atoms with E-state index in [0.29, 0.717) is 12.8 Å². The Labute approximate surface area is 172 Å². The molecule has 4 aliphatic rings. The van der Waals surface area contributed by atoms with E-state index in [2.05, 4.69) is 37.1 Å². The predicted molar refractivity (Wildman–Crippen MR) is 111 cm³/mol. The van der Waals surface area contributed by atoms with Gasteiger partial charge < -0.3 is 4.74 Å². The molecule has 29 heavy (non-hydrogen) atoms. The van der Waals surface area contributed by atoms with Crippen LogP contribution in [0.2, 0.25) is 0 Å². The summed E-state index contributed by atoms with van der Waals surface area (Å²) >= 11 is 0. The van der Waals surface area contributed by atoms with Crippen molar-refractivity contribution in [3.8, 4) is 18.1 Å². The van der Waals surface area contributed by atoms with E-state index >= 15 is 0 Å². The fourth-order valence-corrected chi connectivity index (χ4v) is 7.70. The van der Waals surface area contributed by atoms with Crippen molar-refractivity contribution in [2.45, 2.75) is 50.9 Å². The molecule has 0 amide bonds. The number of Topliss-reactive ketones (excluding diaryl/α,β-unsaturated/α-hetero) is 2. The van der Waals surface area contributed by atoms with E-state index in [-0.39, 0.29) is 40.2 Å². The van der Waals surface area contributed by atoms with Crippen LogP contribution < -0.4 is 4.74 Å². The Bertz CT molecular complexity index is 951. The van der Waals surface area contributed by atoms with Gasteiger partial charge in [0.25, 0.3) is 0 Å². The number of allylic oxidation sites excluding steroid dienone is 2. The number of hydrogen-bond donors (Lipinski definition) is 0. The van der Waals surface area contributed by atoms with Gasteiger partial charge in [-0.1, -0.05) is 44.1 Å². The summed E-state index contributed by atoms with van der Waals surface area (Å²) in [5.74, 6) is 3.09. The van der Waals surface area contributed by atoms with Crippen LogP contribution in [-0.2, 0) is 15.0 Å². The molecule has 6 atom stereocenters. The fraction of sp³-hybridized carbons (Fsp3) is 0.538. The maximum absolute atomic E-state index is 13.7. The Hall–Kier alpha value is -2.34. The highest BCUT2D eigenvalue weighted by molar-refractivity contribution is 6.01. The highest BCUT2D eigenvalue weighted by Crippen LogP contribution is 2.79. The van der Waals surface area contributed by atoms with Crippen molar-refractivity contribution in [3.05, 3.63) is 42.0 Å². The molecule has 0 aliphatic heterocycles. The van der Waals surface area contributed by atoms with Crippen LogP contribution in [0.3, 0.4) is 0 Å². The summed E-state index contributed by atoms with van der Waals surface area (Å²) in [5, 5.41) is 0. The number of fused-ring (bicyclic) bond motifs is 2. The lowest BCUT2D eigenvalue weighted by Gasteiger charge is -2.50. The van der Waals surface area contributed by atoms with Gasteiger partial charge in [-0.25, -0.2) is 0 Å². The first-order valence-electron chi connectivity index (χ1n) is 10.8. The van der Waals surface area contributed by atoms with Gasteiger partial charge in [-0.3, -0.25) is 9.59 Å². The van der Waals surface area contributed by atoms with E-state index < -0.39 is 5.41 Å². The highest BCUT2D eigenvalue weighted by Gasteiger charge is 2.79. The molecule has 150 valence electrons. The molecule has 0 saturated heterocycles. The molecule has 4 aliphatic carbocycles. The minimum Gasteiger partial charge on any atom is -0.497 e. The lowest BCUT2D eigenvalue weighted by molar-refractivity contribution is -0.145. The second-order valence-corrected chi connectivity index (χ2v) is 9.64. The van der Waals surface area contributed by atoms with Crippen LogP contribution in [-0.4, -0.2) is 18.7 Å². The largest absolute Gasteiger partial charge is 0.497 e. The van der Waals surface area contributed by atoms with Crippen molar-refractivity contribution in [3.63, 3.8) is 0 Å². The molecular weight excluding hydrogens is 360 g/mol. The molecule has 5 rings (SSSR count). The molecule has 3 saturated carbocycles. The second-order valence-electron chi connectivity index (χ2n) is 9.64. The van der Waals surface area contributed by atoms with E-state index in [9.17, 15) is 9.59 Å². The Morgan fingerprint density at radius 2 is 1.83 bits per heavy atom. The molecule has 3 heteroatoms. The van der Waals surface area contributed by atoms with Gasteiger partial charge in [0.2, 0.25) is 0 Å². The number of carbonyl (C=O) groups excluding carboxylic acids is 2. The zero-order chi connectivity index (χ0) is 20.4. The zero-order valence-electron chi connectivity index (χ0n) is 17.2. The molecule has 2 bridgehead atoms. The number of ketones is 2. The van der Waals surface area contributed by atoms with Gasteiger partial charge in [-0.15, -0.1) is 12.3 Å². The summed E-state index contributed by atoms with van der Waals surface area (Å²) in [6, 6.07) is 8.17. The van der Waals surface area contributed by atoms with Gasteiger partial charge in [-0.05, 0) is 36.0 Å². The van der Waals surface area contributed by atoms with E-state index in [1.165, 1.54) is 0 Å². The van der Waals surface area contributed by atoms with Gasteiger partial charge in [0.05, 0.1) is 7.11 Å². The summed E-state index contributed by atoms with van der Waals surface area (Å²) in [5.41, 5.74) is 0.372. The number of benzene rings is 1. The van der Waals surface area contributed by atoms with Crippen LogP contribution in [0.1, 0.15) is 51.0 Å². The molecular formula is C26H28O3. The maximum atomic E-state index is 13.7. The van der Waals surface area contributed by atoms with E-state index in [1.807, 2.05) is 12.1 Å². The normalized spacial score (nSPS) is 42.3.